The van der Waals surface area contributed by atoms with Crippen LogP contribution >= 0.6 is 24.0 Å². The van der Waals surface area contributed by atoms with Gasteiger partial charge in [-0.2, -0.15) is 0 Å². The number of ether oxygens (including phenoxy) is 1. The fourth-order valence-electron chi connectivity index (χ4n) is 3.63. The molecule has 0 bridgehead atoms. The molecule has 7 heteroatoms. The summed E-state index contributed by atoms with van der Waals surface area (Å²) in [4.78, 5) is 7.19. The first kappa shape index (κ1) is 26.1. The zero-order chi connectivity index (χ0) is 20.2. The van der Waals surface area contributed by atoms with Crippen LogP contribution in [0.2, 0.25) is 0 Å². The number of aliphatic hydroxyl groups is 1. The van der Waals surface area contributed by atoms with E-state index in [9.17, 15) is 5.11 Å². The number of nitrogens with one attached hydrogen (secondary N) is 2. The van der Waals surface area contributed by atoms with Crippen molar-refractivity contribution >= 4 is 29.9 Å². The molecule has 0 amide bonds. The molecule has 0 saturated carbocycles. The average Bonchev–Trinajstić information content (AvgIpc) is 3.17. The number of rotatable bonds is 11. The number of aliphatic imine (C=N–C) groups is 1. The molecule has 29 heavy (non-hydrogen) atoms. The lowest BCUT2D eigenvalue weighted by Crippen LogP contribution is -2.44. The molecule has 1 heterocycles. The molecule has 1 unspecified atom stereocenters. The third kappa shape index (κ3) is 8.78. The second kappa shape index (κ2) is 14.2. The van der Waals surface area contributed by atoms with Crippen LogP contribution in [-0.4, -0.2) is 62.0 Å². The Hall–Kier alpha value is -0.900. The van der Waals surface area contributed by atoms with E-state index in [2.05, 4.69) is 60.6 Å². The molecule has 1 fully saturated rings. The second-order valence-electron chi connectivity index (χ2n) is 7.61. The molecule has 1 aliphatic heterocycles. The van der Waals surface area contributed by atoms with Gasteiger partial charge in [-0.05, 0) is 44.0 Å². The summed E-state index contributed by atoms with van der Waals surface area (Å²) < 4.78 is 5.58. The number of hydrogen-bond donors (Lipinski definition) is 3. The third-order valence-electron chi connectivity index (χ3n) is 5.51. The molecular formula is C22H39IN4O2. The van der Waals surface area contributed by atoms with Crippen LogP contribution in [-0.2, 0) is 17.8 Å². The Labute approximate surface area is 193 Å². The highest BCUT2D eigenvalue weighted by atomic mass is 127. The van der Waals surface area contributed by atoms with Crippen molar-refractivity contribution < 1.29 is 9.84 Å². The Morgan fingerprint density at radius 2 is 1.97 bits per heavy atom. The minimum absolute atomic E-state index is 0. The number of nitrogens with zero attached hydrogens (tertiary/aromatic N) is 2. The van der Waals surface area contributed by atoms with Gasteiger partial charge in [-0.25, -0.2) is 4.99 Å². The van der Waals surface area contributed by atoms with E-state index in [1.165, 1.54) is 11.1 Å². The number of hydrogen-bond acceptors (Lipinski definition) is 4. The van der Waals surface area contributed by atoms with E-state index in [-0.39, 0.29) is 36.0 Å². The molecular weight excluding hydrogens is 479 g/mol. The van der Waals surface area contributed by atoms with Crippen molar-refractivity contribution in [3.8, 4) is 0 Å². The van der Waals surface area contributed by atoms with Gasteiger partial charge in [0.05, 0.1) is 13.2 Å². The molecule has 1 aliphatic rings. The second-order valence-corrected chi connectivity index (χ2v) is 7.61. The lowest BCUT2D eigenvalue weighted by molar-refractivity contribution is 0.127. The molecule has 2 rings (SSSR count). The summed E-state index contributed by atoms with van der Waals surface area (Å²) in [5.41, 5.74) is 2.56. The van der Waals surface area contributed by atoms with E-state index < -0.39 is 0 Å². The molecule has 1 atom stereocenters. The van der Waals surface area contributed by atoms with Gasteiger partial charge < -0.3 is 20.5 Å². The van der Waals surface area contributed by atoms with Gasteiger partial charge in [0.2, 0.25) is 0 Å². The molecule has 1 aromatic carbocycles. The van der Waals surface area contributed by atoms with Crippen molar-refractivity contribution in [2.24, 2.45) is 10.4 Å². The Kier molecular flexibility index (Phi) is 12.8. The predicted molar refractivity (Wildman–Crippen MR) is 131 cm³/mol. The molecule has 0 aromatic heterocycles. The van der Waals surface area contributed by atoms with Crippen LogP contribution in [0, 0.1) is 5.41 Å². The van der Waals surface area contributed by atoms with Crippen molar-refractivity contribution in [3.63, 3.8) is 0 Å². The van der Waals surface area contributed by atoms with Crippen molar-refractivity contribution in [1.29, 1.82) is 0 Å². The first-order valence-corrected chi connectivity index (χ1v) is 10.7. The Morgan fingerprint density at radius 1 is 1.21 bits per heavy atom. The lowest BCUT2D eigenvalue weighted by Gasteiger charge is -2.27. The Morgan fingerprint density at radius 3 is 2.59 bits per heavy atom. The zero-order valence-electron chi connectivity index (χ0n) is 18.2. The lowest BCUT2D eigenvalue weighted by atomic mass is 9.84. The van der Waals surface area contributed by atoms with E-state index in [0.717, 1.165) is 58.1 Å². The highest BCUT2D eigenvalue weighted by molar-refractivity contribution is 14.0. The Balaban J connectivity index is 0.00000420. The molecule has 0 aliphatic carbocycles. The van der Waals surface area contributed by atoms with Crippen LogP contribution in [0.25, 0.3) is 0 Å². The predicted octanol–water partition coefficient (Wildman–Crippen LogP) is 2.99. The van der Waals surface area contributed by atoms with Gasteiger partial charge in [0.15, 0.2) is 5.96 Å². The first-order chi connectivity index (χ1) is 13.6. The standard InChI is InChI=1S/C22H38N4O2.HI/c1-4-23-21(25-17-22(10-12-27)11-13-28-18-22)24-15-19-8-7-9-20(14-19)16-26(5-2)6-3;/h7-9,14,27H,4-6,10-13,15-18H2,1-3H3,(H2,23,24,25);1H. The van der Waals surface area contributed by atoms with E-state index in [0.29, 0.717) is 13.2 Å². The van der Waals surface area contributed by atoms with Gasteiger partial charge >= 0.3 is 0 Å². The normalized spacial score (nSPS) is 19.3. The van der Waals surface area contributed by atoms with Crippen LogP contribution in [0.1, 0.15) is 44.7 Å². The number of aliphatic hydroxyl groups excluding tert-OH is 1. The molecule has 0 spiro atoms. The van der Waals surface area contributed by atoms with Gasteiger partial charge in [0.1, 0.15) is 0 Å². The van der Waals surface area contributed by atoms with E-state index in [4.69, 9.17) is 9.73 Å². The van der Waals surface area contributed by atoms with Crippen molar-refractivity contribution in [2.45, 2.75) is 46.7 Å². The molecule has 1 saturated heterocycles. The van der Waals surface area contributed by atoms with Crippen LogP contribution < -0.4 is 10.6 Å². The molecule has 1 aromatic rings. The maximum atomic E-state index is 9.40. The van der Waals surface area contributed by atoms with Gasteiger partial charge in [0.25, 0.3) is 0 Å². The van der Waals surface area contributed by atoms with E-state index in [1.54, 1.807) is 0 Å². The van der Waals surface area contributed by atoms with E-state index in [1.807, 2.05) is 0 Å². The molecule has 6 nitrogen and oxygen atoms in total. The third-order valence-corrected chi connectivity index (χ3v) is 5.51. The van der Waals surface area contributed by atoms with E-state index >= 15 is 0 Å². The number of guanidine groups is 1. The monoisotopic (exact) mass is 518 g/mol. The maximum Gasteiger partial charge on any atom is 0.191 e. The smallest absolute Gasteiger partial charge is 0.191 e. The number of halogens is 1. The molecule has 166 valence electrons. The van der Waals surface area contributed by atoms with Gasteiger partial charge in [-0.3, -0.25) is 4.90 Å². The summed E-state index contributed by atoms with van der Waals surface area (Å²) in [6.45, 7) is 13.5. The van der Waals surface area contributed by atoms with Crippen LogP contribution in [0.4, 0.5) is 0 Å². The van der Waals surface area contributed by atoms with Crippen molar-refractivity contribution in [3.05, 3.63) is 35.4 Å². The summed E-state index contributed by atoms with van der Waals surface area (Å²) in [5.74, 6) is 0.820. The number of benzene rings is 1. The summed E-state index contributed by atoms with van der Waals surface area (Å²) in [6, 6.07) is 8.70. The summed E-state index contributed by atoms with van der Waals surface area (Å²) in [7, 11) is 0. The fraction of sp³-hybridized carbons (Fsp3) is 0.682. The fourth-order valence-corrected chi connectivity index (χ4v) is 3.63. The summed E-state index contributed by atoms with van der Waals surface area (Å²) in [6.07, 6.45) is 1.74. The van der Waals surface area contributed by atoms with Crippen LogP contribution in [0.3, 0.4) is 0 Å². The van der Waals surface area contributed by atoms with Gasteiger partial charge in [0, 0.05) is 38.3 Å². The maximum absolute atomic E-state index is 9.40. The minimum atomic E-state index is 0. The van der Waals surface area contributed by atoms with Crippen LogP contribution in [0.5, 0.6) is 0 Å². The Bertz CT molecular complexity index is 602. The zero-order valence-corrected chi connectivity index (χ0v) is 20.6. The minimum Gasteiger partial charge on any atom is -0.396 e. The van der Waals surface area contributed by atoms with Crippen molar-refractivity contribution in [2.75, 3.05) is 46.0 Å². The first-order valence-electron chi connectivity index (χ1n) is 10.7. The van der Waals surface area contributed by atoms with Gasteiger partial charge in [-0.15, -0.1) is 24.0 Å². The largest absolute Gasteiger partial charge is 0.396 e. The SMILES string of the molecule is CCNC(=NCc1cccc(CN(CC)CC)c1)NCC1(CCO)CCOC1.I. The van der Waals surface area contributed by atoms with Crippen molar-refractivity contribution in [1.82, 2.24) is 15.5 Å². The van der Waals surface area contributed by atoms with Gasteiger partial charge in [-0.1, -0.05) is 38.1 Å². The summed E-state index contributed by atoms with van der Waals surface area (Å²) >= 11 is 0. The quantitative estimate of drug-likeness (QED) is 0.239. The average molecular weight is 518 g/mol. The topological polar surface area (TPSA) is 69.1 Å². The van der Waals surface area contributed by atoms with Crippen LogP contribution in [0.15, 0.2) is 29.3 Å². The molecule has 0 radical (unpaired) electrons. The highest BCUT2D eigenvalue weighted by Gasteiger charge is 2.34. The summed E-state index contributed by atoms with van der Waals surface area (Å²) in [5, 5.41) is 16.2. The highest BCUT2D eigenvalue weighted by Crippen LogP contribution is 2.31. The molecule has 3 N–H and O–H groups in total.